The molecule has 2 aromatic rings. The second kappa shape index (κ2) is 6.35. The molecule has 0 aliphatic rings. The van der Waals surface area contributed by atoms with Crippen LogP contribution in [0.25, 0.3) is 11.0 Å². The number of rotatable bonds is 6. The molecule has 0 radical (unpaired) electrons. The van der Waals surface area contributed by atoms with Crippen LogP contribution in [0.2, 0.25) is 0 Å². The van der Waals surface area contributed by atoms with E-state index in [9.17, 15) is 4.21 Å². The third kappa shape index (κ3) is 3.25. The van der Waals surface area contributed by atoms with Crippen molar-refractivity contribution in [3.8, 4) is 0 Å². The standard InChI is InChI=1S/C15H21NO2S/c1-4-12-13-7-5-6-8-14(13)18-15(12)11(2)16-9-10-19(3)17/h5-8,11,16H,4,9-10H2,1-3H3. The molecular weight excluding hydrogens is 258 g/mol. The molecule has 0 aliphatic carbocycles. The summed E-state index contributed by atoms with van der Waals surface area (Å²) in [6, 6.07) is 8.29. The topological polar surface area (TPSA) is 42.2 Å². The van der Waals surface area contributed by atoms with E-state index in [4.69, 9.17) is 4.42 Å². The molecule has 2 unspecified atom stereocenters. The molecule has 0 amide bonds. The van der Waals surface area contributed by atoms with E-state index in [-0.39, 0.29) is 6.04 Å². The fourth-order valence-electron chi connectivity index (χ4n) is 2.34. The van der Waals surface area contributed by atoms with Crippen LogP contribution in [0.5, 0.6) is 0 Å². The van der Waals surface area contributed by atoms with Gasteiger partial charge in [-0.3, -0.25) is 4.21 Å². The minimum absolute atomic E-state index is 0.144. The van der Waals surface area contributed by atoms with Crippen LogP contribution in [0.15, 0.2) is 28.7 Å². The second-order valence-corrected chi connectivity index (χ2v) is 6.30. The number of hydrogen-bond acceptors (Lipinski definition) is 3. The van der Waals surface area contributed by atoms with Crippen LogP contribution in [-0.2, 0) is 17.2 Å². The van der Waals surface area contributed by atoms with Crippen molar-refractivity contribution < 1.29 is 8.63 Å². The fourth-order valence-corrected chi connectivity index (χ4v) is 2.75. The Morgan fingerprint density at radius 1 is 1.37 bits per heavy atom. The van der Waals surface area contributed by atoms with Gasteiger partial charge in [-0.1, -0.05) is 25.1 Å². The highest BCUT2D eigenvalue weighted by atomic mass is 32.2. The van der Waals surface area contributed by atoms with Crippen molar-refractivity contribution in [1.82, 2.24) is 5.32 Å². The smallest absolute Gasteiger partial charge is 0.134 e. The lowest BCUT2D eigenvalue weighted by Gasteiger charge is -2.12. The van der Waals surface area contributed by atoms with Gasteiger partial charge in [0.25, 0.3) is 0 Å². The molecule has 1 N–H and O–H groups in total. The average molecular weight is 279 g/mol. The van der Waals surface area contributed by atoms with Crippen LogP contribution in [-0.4, -0.2) is 22.8 Å². The SMILES string of the molecule is CCc1c(C(C)NCCS(C)=O)oc2ccccc12. The van der Waals surface area contributed by atoms with Crippen molar-refractivity contribution in [3.05, 3.63) is 35.6 Å². The summed E-state index contributed by atoms with van der Waals surface area (Å²) < 4.78 is 17.0. The van der Waals surface area contributed by atoms with Crippen LogP contribution in [0.1, 0.15) is 31.2 Å². The lowest BCUT2D eigenvalue weighted by Crippen LogP contribution is -2.23. The summed E-state index contributed by atoms with van der Waals surface area (Å²) in [5.74, 6) is 1.68. The van der Waals surface area contributed by atoms with Gasteiger partial charge in [0.05, 0.1) is 6.04 Å². The molecule has 19 heavy (non-hydrogen) atoms. The lowest BCUT2D eigenvalue weighted by molar-refractivity contribution is 0.455. The van der Waals surface area contributed by atoms with Crippen molar-refractivity contribution in [1.29, 1.82) is 0 Å². The Labute approximate surface area is 116 Å². The quantitative estimate of drug-likeness (QED) is 0.884. The fraction of sp³-hybridized carbons (Fsp3) is 0.467. The second-order valence-electron chi connectivity index (χ2n) is 4.75. The van der Waals surface area contributed by atoms with Gasteiger partial charge in [0, 0.05) is 40.3 Å². The van der Waals surface area contributed by atoms with Gasteiger partial charge in [0.2, 0.25) is 0 Å². The van der Waals surface area contributed by atoms with Crippen molar-refractivity contribution in [2.45, 2.75) is 26.3 Å². The number of aryl methyl sites for hydroxylation is 1. The molecule has 2 rings (SSSR count). The first kappa shape index (κ1) is 14.3. The van der Waals surface area contributed by atoms with Crippen LogP contribution >= 0.6 is 0 Å². The molecular formula is C15H21NO2S. The van der Waals surface area contributed by atoms with E-state index in [1.807, 2.05) is 18.2 Å². The number of nitrogens with one attached hydrogen (secondary N) is 1. The largest absolute Gasteiger partial charge is 0.459 e. The summed E-state index contributed by atoms with van der Waals surface area (Å²) in [5.41, 5.74) is 2.22. The van der Waals surface area contributed by atoms with Gasteiger partial charge < -0.3 is 9.73 Å². The third-order valence-corrected chi connectivity index (χ3v) is 4.10. The molecule has 1 heterocycles. The van der Waals surface area contributed by atoms with E-state index in [0.29, 0.717) is 5.75 Å². The molecule has 1 aromatic heterocycles. The van der Waals surface area contributed by atoms with E-state index < -0.39 is 10.8 Å². The maximum atomic E-state index is 11.1. The Morgan fingerprint density at radius 3 is 2.79 bits per heavy atom. The van der Waals surface area contributed by atoms with E-state index in [2.05, 4.69) is 25.2 Å². The highest BCUT2D eigenvalue weighted by molar-refractivity contribution is 7.84. The third-order valence-electron chi connectivity index (χ3n) is 3.32. The minimum atomic E-state index is -0.753. The number of fused-ring (bicyclic) bond motifs is 1. The van der Waals surface area contributed by atoms with Gasteiger partial charge in [0.1, 0.15) is 11.3 Å². The van der Waals surface area contributed by atoms with Crippen molar-refractivity contribution >= 4 is 21.8 Å². The number of benzene rings is 1. The molecule has 0 bridgehead atoms. The first-order valence-electron chi connectivity index (χ1n) is 6.67. The van der Waals surface area contributed by atoms with Crippen molar-refractivity contribution in [3.63, 3.8) is 0 Å². The molecule has 0 aliphatic heterocycles. The maximum Gasteiger partial charge on any atom is 0.134 e. The maximum absolute atomic E-state index is 11.1. The molecule has 0 saturated carbocycles. The van der Waals surface area contributed by atoms with E-state index >= 15 is 0 Å². The lowest BCUT2D eigenvalue weighted by atomic mass is 10.1. The summed E-state index contributed by atoms with van der Waals surface area (Å²) >= 11 is 0. The Morgan fingerprint density at radius 2 is 2.11 bits per heavy atom. The molecule has 0 spiro atoms. The minimum Gasteiger partial charge on any atom is -0.459 e. The Hall–Kier alpha value is -1.13. The Kier molecular flexibility index (Phi) is 4.77. The molecule has 4 heteroatoms. The van der Waals surface area contributed by atoms with Crippen LogP contribution in [0.4, 0.5) is 0 Å². The number of para-hydroxylation sites is 1. The van der Waals surface area contributed by atoms with Gasteiger partial charge in [-0.15, -0.1) is 0 Å². The molecule has 3 nitrogen and oxygen atoms in total. The van der Waals surface area contributed by atoms with Gasteiger partial charge in [-0.25, -0.2) is 0 Å². The van der Waals surface area contributed by atoms with Gasteiger partial charge in [0.15, 0.2) is 0 Å². The molecule has 0 saturated heterocycles. The summed E-state index contributed by atoms with van der Waals surface area (Å²) in [6.07, 6.45) is 2.68. The van der Waals surface area contributed by atoms with Crippen LogP contribution in [0, 0.1) is 0 Å². The monoisotopic (exact) mass is 279 g/mol. The number of hydrogen-bond donors (Lipinski definition) is 1. The van der Waals surface area contributed by atoms with Gasteiger partial charge in [-0.05, 0) is 19.4 Å². The molecule has 104 valence electrons. The van der Waals surface area contributed by atoms with Crippen molar-refractivity contribution in [2.75, 3.05) is 18.6 Å². The van der Waals surface area contributed by atoms with Crippen LogP contribution in [0.3, 0.4) is 0 Å². The van der Waals surface area contributed by atoms with Gasteiger partial charge in [-0.2, -0.15) is 0 Å². The highest BCUT2D eigenvalue weighted by Crippen LogP contribution is 2.30. The summed E-state index contributed by atoms with van der Waals surface area (Å²) in [6.45, 7) is 4.98. The Bertz CT molecular complexity index is 577. The first-order chi connectivity index (χ1) is 9.13. The van der Waals surface area contributed by atoms with E-state index in [1.165, 1.54) is 10.9 Å². The normalized spacial score (nSPS) is 14.7. The van der Waals surface area contributed by atoms with E-state index in [1.54, 1.807) is 6.26 Å². The zero-order valence-corrected chi connectivity index (χ0v) is 12.5. The molecule has 2 atom stereocenters. The molecule has 0 fully saturated rings. The predicted molar refractivity (Wildman–Crippen MR) is 80.9 cm³/mol. The predicted octanol–water partition coefficient (Wildman–Crippen LogP) is 3.02. The van der Waals surface area contributed by atoms with Crippen LogP contribution < -0.4 is 5.32 Å². The molecule has 1 aromatic carbocycles. The summed E-state index contributed by atoms with van der Waals surface area (Å²) in [7, 11) is -0.753. The highest BCUT2D eigenvalue weighted by Gasteiger charge is 2.17. The van der Waals surface area contributed by atoms with E-state index in [0.717, 1.165) is 24.3 Å². The average Bonchev–Trinajstić information content (AvgIpc) is 2.76. The Balaban J connectivity index is 2.21. The summed E-state index contributed by atoms with van der Waals surface area (Å²) in [5, 5.41) is 4.58. The number of furan rings is 1. The van der Waals surface area contributed by atoms with Crippen molar-refractivity contribution in [2.24, 2.45) is 0 Å². The first-order valence-corrected chi connectivity index (χ1v) is 8.40. The summed E-state index contributed by atoms with van der Waals surface area (Å²) in [4.78, 5) is 0. The zero-order valence-electron chi connectivity index (χ0n) is 11.7. The van der Waals surface area contributed by atoms with Gasteiger partial charge >= 0.3 is 0 Å². The zero-order chi connectivity index (χ0) is 13.8.